The van der Waals surface area contributed by atoms with Crippen molar-refractivity contribution < 1.29 is 14.6 Å². The SMILES string of the molecule is CCC[C@H](CNC(=O)c1cc([N+](=O)[O-])cc([N+](=O)[O-])c1)c1cn(C)c2ccccc12. The number of rotatable bonds is 8. The van der Waals surface area contributed by atoms with Crippen LogP contribution in [-0.4, -0.2) is 26.9 Å². The van der Waals surface area contributed by atoms with Gasteiger partial charge in [0.2, 0.25) is 0 Å². The molecule has 156 valence electrons. The smallest absolute Gasteiger partial charge is 0.277 e. The topological polar surface area (TPSA) is 120 Å². The number of carbonyl (C=O) groups excluding carboxylic acids is 1. The molecule has 30 heavy (non-hydrogen) atoms. The molecule has 0 aliphatic rings. The molecule has 1 amide bonds. The van der Waals surface area contributed by atoms with E-state index in [4.69, 9.17) is 0 Å². The lowest BCUT2D eigenvalue weighted by Gasteiger charge is -2.17. The number of nitrogens with one attached hydrogen (secondary N) is 1. The lowest BCUT2D eigenvalue weighted by Crippen LogP contribution is -2.28. The van der Waals surface area contributed by atoms with E-state index in [9.17, 15) is 25.0 Å². The van der Waals surface area contributed by atoms with Crippen LogP contribution in [0.4, 0.5) is 11.4 Å². The van der Waals surface area contributed by atoms with Crippen molar-refractivity contribution in [2.75, 3.05) is 6.54 Å². The van der Waals surface area contributed by atoms with Crippen LogP contribution < -0.4 is 5.32 Å². The maximum atomic E-state index is 12.6. The Balaban J connectivity index is 1.85. The van der Waals surface area contributed by atoms with E-state index >= 15 is 0 Å². The number of hydrogen-bond acceptors (Lipinski definition) is 5. The van der Waals surface area contributed by atoms with Crippen LogP contribution in [0, 0.1) is 20.2 Å². The molecule has 0 radical (unpaired) electrons. The largest absolute Gasteiger partial charge is 0.351 e. The summed E-state index contributed by atoms with van der Waals surface area (Å²) in [5.41, 5.74) is 1.11. The fraction of sp³-hybridized carbons (Fsp3) is 0.286. The van der Waals surface area contributed by atoms with Crippen LogP contribution in [0.5, 0.6) is 0 Å². The van der Waals surface area contributed by atoms with E-state index < -0.39 is 27.1 Å². The Hall–Kier alpha value is -3.75. The summed E-state index contributed by atoms with van der Waals surface area (Å²) in [5.74, 6) is -0.540. The number of aromatic nitrogens is 1. The number of fused-ring (bicyclic) bond motifs is 1. The van der Waals surface area contributed by atoms with E-state index in [2.05, 4.69) is 18.4 Å². The molecule has 0 bridgehead atoms. The zero-order valence-electron chi connectivity index (χ0n) is 16.7. The van der Waals surface area contributed by atoms with Crippen LogP contribution in [0.3, 0.4) is 0 Å². The molecule has 0 fully saturated rings. The molecule has 2 aromatic carbocycles. The zero-order valence-corrected chi connectivity index (χ0v) is 16.7. The second-order valence-electron chi connectivity index (χ2n) is 7.16. The fourth-order valence-corrected chi connectivity index (χ4v) is 3.67. The molecule has 9 heteroatoms. The Morgan fingerprint density at radius 2 is 1.73 bits per heavy atom. The second kappa shape index (κ2) is 8.73. The minimum absolute atomic E-state index is 0.0405. The number of aryl methyl sites for hydroxylation is 1. The minimum Gasteiger partial charge on any atom is -0.351 e. The van der Waals surface area contributed by atoms with E-state index in [0.717, 1.165) is 47.5 Å². The van der Waals surface area contributed by atoms with Crippen molar-refractivity contribution >= 4 is 28.2 Å². The van der Waals surface area contributed by atoms with Gasteiger partial charge >= 0.3 is 0 Å². The highest BCUT2D eigenvalue weighted by atomic mass is 16.6. The molecule has 0 saturated carbocycles. The Bertz CT molecular complexity index is 1090. The number of non-ortho nitro benzene ring substituents is 2. The molecular weight excluding hydrogens is 388 g/mol. The molecular formula is C21H22N4O5. The Labute approximate surface area is 172 Å². The van der Waals surface area contributed by atoms with E-state index in [0.29, 0.717) is 6.54 Å². The number of para-hydroxylation sites is 1. The quantitative estimate of drug-likeness (QED) is 0.438. The number of nitro groups is 2. The third-order valence-electron chi connectivity index (χ3n) is 5.10. The van der Waals surface area contributed by atoms with Crippen molar-refractivity contribution in [1.29, 1.82) is 0 Å². The van der Waals surface area contributed by atoms with Gasteiger partial charge in [-0.05, 0) is 18.1 Å². The summed E-state index contributed by atoms with van der Waals surface area (Å²) in [6.07, 6.45) is 3.80. The van der Waals surface area contributed by atoms with Crippen molar-refractivity contribution in [2.45, 2.75) is 25.7 Å². The highest BCUT2D eigenvalue weighted by molar-refractivity contribution is 5.95. The predicted octanol–water partition coefficient (Wildman–Crippen LogP) is 4.31. The van der Waals surface area contributed by atoms with E-state index in [1.54, 1.807) is 0 Å². The van der Waals surface area contributed by atoms with E-state index in [1.807, 2.05) is 35.9 Å². The molecule has 0 aliphatic carbocycles. The number of benzene rings is 2. The molecule has 0 saturated heterocycles. The monoisotopic (exact) mass is 410 g/mol. The molecule has 0 spiro atoms. The van der Waals surface area contributed by atoms with Crippen molar-refractivity contribution in [2.24, 2.45) is 7.05 Å². The molecule has 9 nitrogen and oxygen atoms in total. The highest BCUT2D eigenvalue weighted by Crippen LogP contribution is 2.30. The van der Waals surface area contributed by atoms with Crippen LogP contribution in [0.15, 0.2) is 48.7 Å². The molecule has 1 N–H and O–H groups in total. The first-order valence-corrected chi connectivity index (χ1v) is 9.57. The molecule has 3 aromatic rings. The first kappa shape index (κ1) is 21.0. The second-order valence-corrected chi connectivity index (χ2v) is 7.16. The number of carbonyl (C=O) groups is 1. The molecule has 0 unspecified atom stereocenters. The van der Waals surface area contributed by atoms with Gasteiger partial charge in [-0.3, -0.25) is 25.0 Å². The number of amides is 1. The lowest BCUT2D eigenvalue weighted by atomic mass is 9.94. The van der Waals surface area contributed by atoms with Crippen LogP contribution in [0.2, 0.25) is 0 Å². The minimum atomic E-state index is -0.750. The summed E-state index contributed by atoms with van der Waals surface area (Å²) >= 11 is 0. The first-order valence-electron chi connectivity index (χ1n) is 9.57. The van der Waals surface area contributed by atoms with Gasteiger partial charge in [0, 0.05) is 48.7 Å². The molecule has 1 aromatic heterocycles. The average molecular weight is 410 g/mol. The third kappa shape index (κ3) is 4.29. The van der Waals surface area contributed by atoms with Crippen molar-refractivity contribution in [3.63, 3.8) is 0 Å². The fourth-order valence-electron chi connectivity index (χ4n) is 3.67. The van der Waals surface area contributed by atoms with Gasteiger partial charge < -0.3 is 9.88 Å². The van der Waals surface area contributed by atoms with Gasteiger partial charge in [-0.2, -0.15) is 0 Å². The maximum absolute atomic E-state index is 12.6. The van der Waals surface area contributed by atoms with Crippen LogP contribution >= 0.6 is 0 Å². The van der Waals surface area contributed by atoms with Crippen molar-refractivity contribution in [3.05, 3.63) is 80.0 Å². The molecule has 3 rings (SSSR count). The van der Waals surface area contributed by atoms with Crippen molar-refractivity contribution in [1.82, 2.24) is 9.88 Å². The number of nitrogens with zero attached hydrogens (tertiary/aromatic N) is 3. The number of nitro benzene ring substituents is 2. The van der Waals surface area contributed by atoms with Gasteiger partial charge in [0.25, 0.3) is 17.3 Å². The van der Waals surface area contributed by atoms with Gasteiger partial charge in [0.15, 0.2) is 0 Å². The van der Waals surface area contributed by atoms with Gasteiger partial charge in [-0.15, -0.1) is 0 Å². The zero-order chi connectivity index (χ0) is 21.8. The summed E-state index contributed by atoms with van der Waals surface area (Å²) in [6.45, 7) is 2.38. The standard InChI is InChI=1S/C21H22N4O5/c1-3-6-14(19-13-23(2)20-8-5-4-7-18(19)20)12-22-21(26)15-9-16(24(27)28)11-17(10-15)25(29)30/h4-5,7-11,13-14H,3,6,12H2,1-2H3,(H,22,26)/t14-/m1/s1. The maximum Gasteiger partial charge on any atom is 0.277 e. The van der Waals surface area contributed by atoms with E-state index in [1.165, 1.54) is 0 Å². The summed E-state index contributed by atoms with van der Waals surface area (Å²) in [6, 6.07) is 11.0. The number of hydrogen-bond donors (Lipinski definition) is 1. The van der Waals surface area contributed by atoms with Crippen molar-refractivity contribution in [3.8, 4) is 0 Å². The third-order valence-corrected chi connectivity index (χ3v) is 5.10. The van der Waals surface area contributed by atoms with Gasteiger partial charge in [0.1, 0.15) is 0 Å². The summed E-state index contributed by atoms with van der Waals surface area (Å²) in [4.78, 5) is 33.3. The first-order chi connectivity index (χ1) is 14.3. The summed E-state index contributed by atoms with van der Waals surface area (Å²) < 4.78 is 2.04. The van der Waals surface area contributed by atoms with Gasteiger partial charge in [-0.1, -0.05) is 31.5 Å². The van der Waals surface area contributed by atoms with Crippen LogP contribution in [-0.2, 0) is 7.05 Å². The molecule has 0 aliphatic heterocycles. The Morgan fingerprint density at radius 1 is 1.10 bits per heavy atom. The molecule has 1 atom stereocenters. The van der Waals surface area contributed by atoms with Crippen LogP contribution in [0.1, 0.15) is 41.6 Å². The predicted molar refractivity (Wildman–Crippen MR) is 113 cm³/mol. The normalized spacial score (nSPS) is 11.9. The van der Waals surface area contributed by atoms with Crippen LogP contribution in [0.25, 0.3) is 10.9 Å². The lowest BCUT2D eigenvalue weighted by molar-refractivity contribution is -0.394. The highest BCUT2D eigenvalue weighted by Gasteiger charge is 2.22. The van der Waals surface area contributed by atoms with Gasteiger partial charge in [-0.25, -0.2) is 0 Å². The van der Waals surface area contributed by atoms with E-state index in [-0.39, 0.29) is 11.5 Å². The summed E-state index contributed by atoms with van der Waals surface area (Å²) in [7, 11) is 1.97. The Kier molecular flexibility index (Phi) is 6.10. The Morgan fingerprint density at radius 3 is 2.33 bits per heavy atom. The van der Waals surface area contributed by atoms with Gasteiger partial charge in [0.05, 0.1) is 21.5 Å². The molecule has 1 heterocycles. The summed E-state index contributed by atoms with van der Waals surface area (Å²) in [5, 5.41) is 26.0. The average Bonchev–Trinajstić information content (AvgIpc) is 3.07.